The maximum atomic E-state index is 6.11. The van der Waals surface area contributed by atoms with Crippen LogP contribution in [0.15, 0.2) is 72.8 Å². The molecule has 0 aliphatic rings. The van der Waals surface area contributed by atoms with Crippen LogP contribution >= 0.6 is 0 Å². The molecule has 0 saturated carbocycles. The van der Waals surface area contributed by atoms with Gasteiger partial charge in [-0.2, -0.15) is 0 Å². The second kappa shape index (κ2) is 10.0. The van der Waals surface area contributed by atoms with E-state index in [9.17, 15) is 0 Å². The fourth-order valence-electron chi connectivity index (χ4n) is 5.06. The first-order valence-electron chi connectivity index (χ1n) is 13.2. The van der Waals surface area contributed by atoms with Crippen LogP contribution in [0.4, 0.5) is 0 Å². The second-order valence-electron chi connectivity index (χ2n) is 13.3. The molecule has 0 amide bonds. The van der Waals surface area contributed by atoms with Crippen molar-refractivity contribution in [3.63, 3.8) is 0 Å². The lowest BCUT2D eigenvalue weighted by molar-refractivity contribution is 0.542. The molecule has 0 N–H and O–H groups in total. The molecule has 184 valence electrons. The molecule has 3 rings (SSSR count). The molecule has 0 spiro atoms. The van der Waals surface area contributed by atoms with Crippen LogP contribution in [0.25, 0.3) is 0 Å². The third kappa shape index (κ3) is 5.93. The van der Waals surface area contributed by atoms with Gasteiger partial charge in [0.05, 0.1) is 7.85 Å². The predicted molar refractivity (Wildman–Crippen MR) is 155 cm³/mol. The summed E-state index contributed by atoms with van der Waals surface area (Å²) in [6.07, 6.45) is 2.62. The zero-order valence-electron chi connectivity index (χ0n) is 23.6. The average molecular weight is 465 g/mol. The van der Waals surface area contributed by atoms with Crippen molar-refractivity contribution in [2.45, 2.75) is 103 Å². The molecule has 0 unspecified atom stereocenters. The van der Waals surface area contributed by atoms with Gasteiger partial charge in [-0.25, -0.2) is 0 Å². The van der Waals surface area contributed by atoms with E-state index in [2.05, 4.69) is 135 Å². The van der Waals surface area contributed by atoms with Crippen molar-refractivity contribution < 1.29 is 0 Å². The minimum atomic E-state index is -0.247. The Bertz CT molecular complexity index is 941. The molecular formula is C34H45B. The van der Waals surface area contributed by atoms with Gasteiger partial charge in [-0.05, 0) is 56.0 Å². The summed E-state index contributed by atoms with van der Waals surface area (Å²) in [5, 5.41) is 0. The van der Waals surface area contributed by atoms with Gasteiger partial charge in [0, 0.05) is 5.41 Å². The summed E-state index contributed by atoms with van der Waals surface area (Å²) >= 11 is 0. The largest absolute Gasteiger partial charge is 0.0886 e. The zero-order valence-corrected chi connectivity index (χ0v) is 23.6. The number of benzene rings is 3. The van der Waals surface area contributed by atoms with Gasteiger partial charge in [-0.15, -0.1) is 0 Å². The maximum Gasteiger partial charge on any atom is 0.0653 e. The third-order valence-corrected chi connectivity index (χ3v) is 7.49. The van der Waals surface area contributed by atoms with Crippen LogP contribution in [0.5, 0.6) is 0 Å². The van der Waals surface area contributed by atoms with Crippen molar-refractivity contribution >= 4 is 7.85 Å². The van der Waals surface area contributed by atoms with E-state index >= 15 is 0 Å². The smallest absolute Gasteiger partial charge is 0.0653 e. The molecule has 3 aromatic carbocycles. The summed E-state index contributed by atoms with van der Waals surface area (Å²) < 4.78 is 0. The Labute approximate surface area is 217 Å². The zero-order chi connectivity index (χ0) is 26.1. The molecule has 0 aliphatic heterocycles. The van der Waals surface area contributed by atoms with E-state index in [4.69, 9.17) is 7.85 Å². The lowest BCUT2D eigenvalue weighted by Crippen LogP contribution is -2.30. The molecule has 0 fully saturated rings. The Balaban J connectivity index is 2.27. The fraction of sp³-hybridized carbons (Fsp3) is 0.471. The number of rotatable bonds is 6. The third-order valence-electron chi connectivity index (χ3n) is 7.49. The highest BCUT2D eigenvalue weighted by molar-refractivity contribution is 6.08. The first-order valence-corrected chi connectivity index (χ1v) is 13.2. The lowest BCUT2D eigenvalue weighted by atomic mass is 9.65. The summed E-state index contributed by atoms with van der Waals surface area (Å²) in [6, 6.07) is 28.0. The van der Waals surface area contributed by atoms with Gasteiger partial charge < -0.3 is 0 Å². The minimum Gasteiger partial charge on any atom is -0.0886 e. The number of hydrogen-bond acceptors (Lipinski definition) is 0. The molecule has 0 atom stereocenters. The van der Waals surface area contributed by atoms with Gasteiger partial charge in [0.15, 0.2) is 0 Å². The van der Waals surface area contributed by atoms with Crippen LogP contribution in [0.1, 0.15) is 109 Å². The normalized spacial score (nSPS) is 13.2. The monoisotopic (exact) mass is 464 g/mol. The fourth-order valence-corrected chi connectivity index (χ4v) is 5.06. The van der Waals surface area contributed by atoms with Crippen molar-refractivity contribution in [3.8, 4) is 0 Å². The van der Waals surface area contributed by atoms with Crippen LogP contribution in [0, 0.1) is 0 Å². The van der Waals surface area contributed by atoms with Gasteiger partial charge >= 0.3 is 0 Å². The lowest BCUT2D eigenvalue weighted by Gasteiger charge is -2.37. The van der Waals surface area contributed by atoms with Crippen LogP contribution in [0.2, 0.25) is 6.32 Å². The summed E-state index contributed by atoms with van der Waals surface area (Å²) in [6.45, 7) is 20.5. The van der Waals surface area contributed by atoms with Crippen molar-refractivity contribution in [3.05, 3.63) is 106 Å². The van der Waals surface area contributed by atoms with E-state index in [1.165, 1.54) is 33.4 Å². The molecule has 3 aromatic rings. The summed E-state index contributed by atoms with van der Waals surface area (Å²) in [4.78, 5) is 0. The van der Waals surface area contributed by atoms with E-state index in [1.54, 1.807) is 0 Å². The molecule has 1 heteroatoms. The van der Waals surface area contributed by atoms with Crippen molar-refractivity contribution in [2.75, 3.05) is 0 Å². The highest BCUT2D eigenvalue weighted by Gasteiger charge is 2.36. The van der Waals surface area contributed by atoms with E-state index < -0.39 is 0 Å². The van der Waals surface area contributed by atoms with Gasteiger partial charge in [0.25, 0.3) is 0 Å². The van der Waals surface area contributed by atoms with Gasteiger partial charge in [0.1, 0.15) is 0 Å². The van der Waals surface area contributed by atoms with Crippen molar-refractivity contribution in [1.82, 2.24) is 0 Å². The number of hydrogen-bond donors (Lipinski definition) is 0. The Hall–Kier alpha value is -2.28. The average Bonchev–Trinajstić information content (AvgIpc) is 2.79. The molecule has 0 nitrogen and oxygen atoms in total. The Morgan fingerprint density at radius 2 is 0.657 bits per heavy atom. The molecule has 0 aromatic heterocycles. The highest BCUT2D eigenvalue weighted by atomic mass is 14.4. The van der Waals surface area contributed by atoms with Crippen LogP contribution in [-0.2, 0) is 21.7 Å². The first-order chi connectivity index (χ1) is 16.2. The molecule has 2 radical (unpaired) electrons. The molecule has 0 aliphatic carbocycles. The van der Waals surface area contributed by atoms with Crippen molar-refractivity contribution in [2.24, 2.45) is 0 Å². The van der Waals surface area contributed by atoms with Crippen LogP contribution in [0.3, 0.4) is 0 Å². The molecule has 0 bridgehead atoms. The summed E-state index contributed by atoms with van der Waals surface area (Å²) in [5.41, 5.74) is 8.23. The molecule has 0 saturated heterocycles. The highest BCUT2D eigenvalue weighted by Crippen LogP contribution is 2.45. The Morgan fingerprint density at radius 1 is 0.429 bits per heavy atom. The van der Waals surface area contributed by atoms with Gasteiger partial charge in [0.2, 0.25) is 0 Å². The molecule has 35 heavy (non-hydrogen) atoms. The van der Waals surface area contributed by atoms with Gasteiger partial charge in [-0.3, -0.25) is 0 Å². The molecular weight excluding hydrogens is 419 g/mol. The second-order valence-corrected chi connectivity index (χ2v) is 13.3. The topological polar surface area (TPSA) is 0 Å². The predicted octanol–water partition coefficient (Wildman–Crippen LogP) is 9.28. The Kier molecular flexibility index (Phi) is 7.80. The van der Waals surface area contributed by atoms with Crippen LogP contribution < -0.4 is 0 Å². The van der Waals surface area contributed by atoms with E-state index in [-0.39, 0.29) is 21.7 Å². The van der Waals surface area contributed by atoms with E-state index in [0.29, 0.717) is 6.32 Å². The maximum absolute atomic E-state index is 6.11. The Morgan fingerprint density at radius 3 is 0.857 bits per heavy atom. The minimum absolute atomic E-state index is 0.126. The van der Waals surface area contributed by atoms with Gasteiger partial charge in [-0.1, -0.05) is 148 Å². The SMILES string of the molecule is [B]CCCC(c1ccc(C(C)(C)C)cc1)(c1ccc(C(C)(C)C)cc1)c1ccc(C(C)(C)C)cc1. The molecule has 0 heterocycles. The standard InChI is InChI=1S/C34H45B/c1-31(2,3)25-11-17-28(18-12-25)34(23-10-24-35,29-19-13-26(14-20-29)32(4,5)6)30-21-15-27(16-22-30)33(7,8)9/h11-22H,10,23-24H2,1-9H3. The summed E-state index contributed by atoms with van der Waals surface area (Å²) in [7, 11) is 6.11. The quantitative estimate of drug-likeness (QED) is 0.252. The first kappa shape index (κ1) is 27.3. The van der Waals surface area contributed by atoms with Crippen LogP contribution in [-0.4, -0.2) is 7.85 Å². The van der Waals surface area contributed by atoms with E-state index in [0.717, 1.165) is 12.8 Å². The van der Waals surface area contributed by atoms with E-state index in [1.807, 2.05) is 0 Å². The van der Waals surface area contributed by atoms with Crippen molar-refractivity contribution in [1.29, 1.82) is 0 Å². The summed E-state index contributed by atoms with van der Waals surface area (Å²) in [5.74, 6) is 0.